The van der Waals surface area contributed by atoms with Gasteiger partial charge in [-0.15, -0.1) is 0 Å². The zero-order valence-electron chi connectivity index (χ0n) is 9.32. The lowest BCUT2D eigenvalue weighted by Gasteiger charge is -2.32. The summed E-state index contributed by atoms with van der Waals surface area (Å²) in [5.74, 6) is 2.34. The molecule has 1 aliphatic carbocycles. The maximum Gasteiger partial charge on any atom is 0.161 e. The third-order valence-electron chi connectivity index (χ3n) is 3.61. The molecule has 16 heavy (non-hydrogen) atoms. The molecule has 86 valence electrons. The molecule has 3 rings (SSSR count). The maximum atomic E-state index is 6.24. The second-order valence-corrected chi connectivity index (χ2v) is 4.62. The van der Waals surface area contributed by atoms with Crippen molar-refractivity contribution >= 4 is 0 Å². The molecule has 1 heterocycles. The molecule has 0 radical (unpaired) electrons. The van der Waals surface area contributed by atoms with Gasteiger partial charge in [0.1, 0.15) is 13.2 Å². The quantitative estimate of drug-likeness (QED) is 0.829. The Bertz CT molecular complexity index is 388. The lowest BCUT2D eigenvalue weighted by molar-refractivity contribution is 0.171. The van der Waals surface area contributed by atoms with Crippen LogP contribution < -0.4 is 15.2 Å². The summed E-state index contributed by atoms with van der Waals surface area (Å²) in [7, 11) is 0. The average molecular weight is 219 g/mol. The van der Waals surface area contributed by atoms with Gasteiger partial charge in [0.15, 0.2) is 11.5 Å². The Hall–Kier alpha value is -1.22. The number of fused-ring (bicyclic) bond motifs is 1. The molecule has 0 aromatic heterocycles. The van der Waals surface area contributed by atoms with Gasteiger partial charge in [0, 0.05) is 6.04 Å². The molecule has 1 fully saturated rings. The van der Waals surface area contributed by atoms with Crippen molar-refractivity contribution in [3.05, 3.63) is 23.8 Å². The summed E-state index contributed by atoms with van der Waals surface area (Å²) >= 11 is 0. The van der Waals surface area contributed by atoms with E-state index in [4.69, 9.17) is 15.2 Å². The van der Waals surface area contributed by atoms with Crippen molar-refractivity contribution in [3.63, 3.8) is 0 Å². The van der Waals surface area contributed by atoms with Gasteiger partial charge in [-0.05, 0) is 36.5 Å². The molecular weight excluding hydrogens is 202 g/mol. The van der Waals surface area contributed by atoms with Crippen LogP contribution in [0.5, 0.6) is 11.5 Å². The average Bonchev–Trinajstić information content (AvgIpc) is 2.26. The molecule has 2 aliphatic rings. The molecule has 2 N–H and O–H groups in total. The monoisotopic (exact) mass is 219 g/mol. The van der Waals surface area contributed by atoms with Crippen LogP contribution >= 0.6 is 0 Å². The van der Waals surface area contributed by atoms with Crippen LogP contribution in [0.25, 0.3) is 0 Å². The van der Waals surface area contributed by atoms with Gasteiger partial charge >= 0.3 is 0 Å². The molecule has 1 aromatic rings. The smallest absolute Gasteiger partial charge is 0.161 e. The molecule has 3 nitrogen and oxygen atoms in total. The fraction of sp³-hybridized carbons (Fsp3) is 0.538. The van der Waals surface area contributed by atoms with Gasteiger partial charge in [0.25, 0.3) is 0 Å². The minimum Gasteiger partial charge on any atom is -0.486 e. The van der Waals surface area contributed by atoms with Gasteiger partial charge in [-0.25, -0.2) is 0 Å². The third-order valence-corrected chi connectivity index (χ3v) is 3.61. The highest BCUT2D eigenvalue weighted by atomic mass is 16.6. The Morgan fingerprint density at radius 1 is 1.12 bits per heavy atom. The van der Waals surface area contributed by atoms with Crippen LogP contribution in [-0.2, 0) is 0 Å². The van der Waals surface area contributed by atoms with E-state index in [2.05, 4.69) is 6.07 Å². The topological polar surface area (TPSA) is 44.5 Å². The predicted octanol–water partition coefficient (Wildman–Crippen LogP) is 2.26. The Balaban J connectivity index is 1.84. The Kier molecular flexibility index (Phi) is 2.48. The van der Waals surface area contributed by atoms with Gasteiger partial charge < -0.3 is 15.2 Å². The molecule has 0 bridgehead atoms. The standard InChI is InChI=1S/C13H17NO2/c14-13(9-2-1-3-9)10-4-5-11-12(8-10)16-7-6-15-11/h4-5,8-9,13H,1-3,6-7,14H2/t13-/m0/s1. The molecule has 3 heteroatoms. The number of ether oxygens (including phenoxy) is 2. The van der Waals surface area contributed by atoms with E-state index < -0.39 is 0 Å². The zero-order chi connectivity index (χ0) is 11.0. The molecule has 1 atom stereocenters. The van der Waals surface area contributed by atoms with E-state index in [-0.39, 0.29) is 6.04 Å². The fourth-order valence-electron chi connectivity index (χ4n) is 2.34. The van der Waals surface area contributed by atoms with Crippen LogP contribution in [-0.4, -0.2) is 13.2 Å². The number of hydrogen-bond donors (Lipinski definition) is 1. The molecule has 0 spiro atoms. The maximum absolute atomic E-state index is 6.24. The van der Waals surface area contributed by atoms with E-state index in [1.54, 1.807) is 0 Å². The summed E-state index contributed by atoms with van der Waals surface area (Å²) in [5, 5.41) is 0. The Labute approximate surface area is 95.5 Å². The second-order valence-electron chi connectivity index (χ2n) is 4.62. The van der Waals surface area contributed by atoms with Crippen molar-refractivity contribution < 1.29 is 9.47 Å². The van der Waals surface area contributed by atoms with Crippen LogP contribution in [0.2, 0.25) is 0 Å². The molecule has 1 aromatic carbocycles. The Morgan fingerprint density at radius 2 is 1.88 bits per heavy atom. The number of rotatable bonds is 2. The number of hydrogen-bond acceptors (Lipinski definition) is 3. The normalized spacial score (nSPS) is 21.3. The van der Waals surface area contributed by atoms with Crippen molar-refractivity contribution in [1.29, 1.82) is 0 Å². The van der Waals surface area contributed by atoms with E-state index >= 15 is 0 Å². The highest BCUT2D eigenvalue weighted by Crippen LogP contribution is 2.39. The largest absolute Gasteiger partial charge is 0.486 e. The van der Waals surface area contributed by atoms with Crippen LogP contribution in [0, 0.1) is 5.92 Å². The molecule has 0 saturated heterocycles. The highest BCUT2D eigenvalue weighted by Gasteiger charge is 2.26. The zero-order valence-corrected chi connectivity index (χ0v) is 9.32. The first kappa shape index (κ1) is 9.97. The van der Waals surface area contributed by atoms with Gasteiger partial charge in [-0.3, -0.25) is 0 Å². The SMILES string of the molecule is N[C@H](c1ccc2c(c1)OCCO2)C1CCC1. The minimum absolute atomic E-state index is 0.157. The molecule has 0 unspecified atom stereocenters. The van der Waals surface area contributed by atoms with Gasteiger partial charge in [-0.1, -0.05) is 12.5 Å². The van der Waals surface area contributed by atoms with Crippen molar-refractivity contribution in [1.82, 2.24) is 0 Å². The Morgan fingerprint density at radius 3 is 2.56 bits per heavy atom. The lowest BCUT2D eigenvalue weighted by atomic mass is 9.77. The van der Waals surface area contributed by atoms with Crippen LogP contribution in [0.4, 0.5) is 0 Å². The van der Waals surface area contributed by atoms with E-state index in [1.807, 2.05) is 12.1 Å². The van der Waals surface area contributed by atoms with E-state index in [1.165, 1.54) is 24.8 Å². The van der Waals surface area contributed by atoms with E-state index in [9.17, 15) is 0 Å². The van der Waals surface area contributed by atoms with Crippen molar-refractivity contribution in [2.75, 3.05) is 13.2 Å². The van der Waals surface area contributed by atoms with Gasteiger partial charge in [-0.2, -0.15) is 0 Å². The predicted molar refractivity (Wildman–Crippen MR) is 61.7 cm³/mol. The summed E-state index contributed by atoms with van der Waals surface area (Å²) < 4.78 is 11.1. The first-order chi connectivity index (χ1) is 7.84. The lowest BCUT2D eigenvalue weighted by Crippen LogP contribution is -2.27. The van der Waals surface area contributed by atoms with Crippen LogP contribution in [0.15, 0.2) is 18.2 Å². The van der Waals surface area contributed by atoms with E-state index in [0.29, 0.717) is 19.1 Å². The third kappa shape index (κ3) is 1.65. The summed E-state index contributed by atoms with van der Waals surface area (Å²) in [5.41, 5.74) is 7.41. The van der Waals surface area contributed by atoms with Gasteiger partial charge in [0.05, 0.1) is 0 Å². The molecule has 1 saturated carbocycles. The number of nitrogens with two attached hydrogens (primary N) is 1. The van der Waals surface area contributed by atoms with Crippen molar-refractivity contribution in [3.8, 4) is 11.5 Å². The summed E-state index contributed by atoms with van der Waals surface area (Å²) in [6.45, 7) is 1.27. The summed E-state index contributed by atoms with van der Waals surface area (Å²) in [6.07, 6.45) is 3.84. The minimum atomic E-state index is 0.157. The molecular formula is C13H17NO2. The highest BCUT2D eigenvalue weighted by molar-refractivity contribution is 5.44. The first-order valence-electron chi connectivity index (χ1n) is 6.00. The van der Waals surface area contributed by atoms with Crippen LogP contribution in [0.3, 0.4) is 0 Å². The first-order valence-corrected chi connectivity index (χ1v) is 6.00. The molecule has 0 amide bonds. The van der Waals surface area contributed by atoms with Crippen molar-refractivity contribution in [2.24, 2.45) is 11.7 Å². The molecule has 1 aliphatic heterocycles. The summed E-state index contributed by atoms with van der Waals surface area (Å²) in [4.78, 5) is 0. The van der Waals surface area contributed by atoms with Crippen LogP contribution in [0.1, 0.15) is 30.9 Å². The summed E-state index contributed by atoms with van der Waals surface area (Å²) in [6, 6.07) is 6.24. The second kappa shape index (κ2) is 3.98. The van der Waals surface area contributed by atoms with Crippen molar-refractivity contribution in [2.45, 2.75) is 25.3 Å². The fourth-order valence-corrected chi connectivity index (χ4v) is 2.34. The van der Waals surface area contributed by atoms with Gasteiger partial charge in [0.2, 0.25) is 0 Å². The van der Waals surface area contributed by atoms with E-state index in [0.717, 1.165) is 11.5 Å². The number of benzene rings is 1.